The van der Waals surface area contributed by atoms with Crippen molar-refractivity contribution in [3.63, 3.8) is 0 Å². The summed E-state index contributed by atoms with van der Waals surface area (Å²) in [6.07, 6.45) is 33.9. The van der Waals surface area contributed by atoms with Gasteiger partial charge in [0.05, 0.1) is 12.5 Å². The molecule has 0 aromatic heterocycles. The maximum atomic E-state index is 12.8. The van der Waals surface area contributed by atoms with Crippen LogP contribution in [0, 0.1) is 11.8 Å². The summed E-state index contributed by atoms with van der Waals surface area (Å²) in [5, 5.41) is 0. The number of hydrogen-bond donors (Lipinski definition) is 0. The molecule has 0 heterocycles. The summed E-state index contributed by atoms with van der Waals surface area (Å²) in [6.45, 7) is 9.82. The molecule has 0 amide bonds. The van der Waals surface area contributed by atoms with Crippen molar-refractivity contribution >= 4 is 5.97 Å². The molecule has 0 saturated heterocycles. The second kappa shape index (κ2) is 29.0. The number of carbonyl (C=O) groups is 1. The lowest BCUT2D eigenvalue weighted by atomic mass is 9.94. The fourth-order valence-electron chi connectivity index (χ4n) is 5.26. The van der Waals surface area contributed by atoms with Gasteiger partial charge in [0.1, 0.15) is 0 Å². The number of carbonyl (C=O) groups excluding carboxylic acids is 1. The number of ether oxygens (including phenoxy) is 1. The second-order valence-electron chi connectivity index (χ2n) is 12.0. The lowest BCUT2D eigenvalue weighted by molar-refractivity contribution is -0.149. The average Bonchev–Trinajstić information content (AvgIpc) is 2.86. The first-order valence-corrected chi connectivity index (χ1v) is 16.8. The fraction of sp³-hybridized carbons (Fsp3) is 0.971. The van der Waals surface area contributed by atoms with Crippen LogP contribution in [0.2, 0.25) is 0 Å². The van der Waals surface area contributed by atoms with Crippen LogP contribution in [0.4, 0.5) is 0 Å². The van der Waals surface area contributed by atoms with Crippen LogP contribution in [0.5, 0.6) is 0 Å². The van der Waals surface area contributed by atoms with Crippen molar-refractivity contribution in [1.82, 2.24) is 0 Å². The van der Waals surface area contributed by atoms with E-state index in [1.54, 1.807) is 0 Å². The molecule has 0 aliphatic heterocycles. The van der Waals surface area contributed by atoms with E-state index in [0.717, 1.165) is 25.2 Å². The molecule has 0 fully saturated rings. The van der Waals surface area contributed by atoms with E-state index in [-0.39, 0.29) is 11.9 Å². The number of esters is 1. The third kappa shape index (κ3) is 26.5. The summed E-state index contributed by atoms with van der Waals surface area (Å²) in [5.74, 6) is 1.11. The van der Waals surface area contributed by atoms with Crippen LogP contribution in [-0.4, -0.2) is 12.6 Å². The largest absolute Gasteiger partial charge is 0.465 e. The molecule has 0 radical (unpaired) electrons. The third-order valence-electron chi connectivity index (χ3n) is 7.82. The number of unbranched alkanes of at least 4 members (excludes halogenated alkanes) is 20. The highest BCUT2D eigenvalue weighted by atomic mass is 16.5. The zero-order chi connectivity index (χ0) is 26.5. The van der Waals surface area contributed by atoms with Crippen molar-refractivity contribution in [2.75, 3.05) is 6.61 Å². The van der Waals surface area contributed by atoms with E-state index < -0.39 is 0 Å². The molecule has 0 rings (SSSR count). The van der Waals surface area contributed by atoms with Gasteiger partial charge in [-0.3, -0.25) is 4.79 Å². The van der Waals surface area contributed by atoms with Gasteiger partial charge >= 0.3 is 5.97 Å². The van der Waals surface area contributed by atoms with Crippen LogP contribution >= 0.6 is 0 Å². The van der Waals surface area contributed by atoms with Crippen molar-refractivity contribution in [2.24, 2.45) is 11.8 Å². The van der Waals surface area contributed by atoms with Crippen molar-refractivity contribution in [3.05, 3.63) is 0 Å². The lowest BCUT2D eigenvalue weighted by Crippen LogP contribution is -2.18. The molecule has 0 aromatic rings. The van der Waals surface area contributed by atoms with Crippen LogP contribution in [-0.2, 0) is 9.53 Å². The zero-order valence-corrected chi connectivity index (χ0v) is 25.6. The summed E-state index contributed by atoms with van der Waals surface area (Å²) in [4.78, 5) is 12.8. The lowest BCUT2D eigenvalue weighted by Gasteiger charge is -2.16. The molecular weight excluding hydrogens is 440 g/mol. The maximum absolute atomic E-state index is 12.8. The molecule has 0 saturated carbocycles. The molecule has 216 valence electrons. The Labute approximate surface area is 228 Å². The van der Waals surface area contributed by atoms with Gasteiger partial charge in [0.2, 0.25) is 0 Å². The number of hydrogen-bond acceptors (Lipinski definition) is 2. The molecule has 2 heteroatoms. The Morgan fingerprint density at radius 2 is 0.806 bits per heavy atom. The quantitative estimate of drug-likeness (QED) is 0.0741. The van der Waals surface area contributed by atoms with Gasteiger partial charge in [-0.25, -0.2) is 0 Å². The molecule has 1 unspecified atom stereocenters. The van der Waals surface area contributed by atoms with Crippen LogP contribution in [0.3, 0.4) is 0 Å². The predicted molar refractivity (Wildman–Crippen MR) is 161 cm³/mol. The van der Waals surface area contributed by atoms with Crippen molar-refractivity contribution < 1.29 is 9.53 Å². The monoisotopic (exact) mass is 509 g/mol. The molecule has 0 aromatic carbocycles. The zero-order valence-electron chi connectivity index (χ0n) is 25.6. The van der Waals surface area contributed by atoms with Gasteiger partial charge in [0.15, 0.2) is 0 Å². The van der Waals surface area contributed by atoms with Gasteiger partial charge in [-0.2, -0.15) is 0 Å². The number of rotatable bonds is 29. The third-order valence-corrected chi connectivity index (χ3v) is 7.82. The van der Waals surface area contributed by atoms with Crippen LogP contribution < -0.4 is 0 Å². The van der Waals surface area contributed by atoms with Crippen LogP contribution in [0.25, 0.3) is 0 Å². The minimum Gasteiger partial charge on any atom is -0.465 e. The molecule has 0 N–H and O–H groups in total. The van der Waals surface area contributed by atoms with Gasteiger partial charge in [0.25, 0.3) is 0 Å². The minimum atomic E-state index is 0.0999. The summed E-state index contributed by atoms with van der Waals surface area (Å²) in [5.41, 5.74) is 0. The first-order valence-electron chi connectivity index (χ1n) is 16.8. The SMILES string of the molecule is CCCCCCCCCCOC(=O)C(CCCCCC)CCCCCCCCCCCCCC(C)C. The van der Waals surface area contributed by atoms with Crippen LogP contribution in [0.15, 0.2) is 0 Å². The molecule has 1 atom stereocenters. The van der Waals surface area contributed by atoms with Gasteiger partial charge in [-0.05, 0) is 25.2 Å². The molecular formula is C34H68O2. The summed E-state index contributed by atoms with van der Waals surface area (Å²) in [7, 11) is 0. The Morgan fingerprint density at radius 1 is 0.472 bits per heavy atom. The summed E-state index contributed by atoms with van der Waals surface area (Å²) < 4.78 is 5.74. The van der Waals surface area contributed by atoms with Gasteiger partial charge < -0.3 is 4.74 Å². The maximum Gasteiger partial charge on any atom is 0.308 e. The molecule has 2 nitrogen and oxygen atoms in total. The topological polar surface area (TPSA) is 26.3 Å². The highest BCUT2D eigenvalue weighted by molar-refractivity contribution is 5.72. The minimum absolute atomic E-state index is 0.0999. The van der Waals surface area contributed by atoms with Gasteiger partial charge in [-0.15, -0.1) is 0 Å². The molecule has 0 aliphatic carbocycles. The van der Waals surface area contributed by atoms with E-state index >= 15 is 0 Å². The molecule has 0 spiro atoms. The summed E-state index contributed by atoms with van der Waals surface area (Å²) >= 11 is 0. The highest BCUT2D eigenvalue weighted by Crippen LogP contribution is 2.21. The summed E-state index contributed by atoms with van der Waals surface area (Å²) in [6, 6.07) is 0. The average molecular weight is 509 g/mol. The Kier molecular flexibility index (Phi) is 28.6. The second-order valence-corrected chi connectivity index (χ2v) is 12.0. The van der Waals surface area contributed by atoms with Crippen molar-refractivity contribution in [3.8, 4) is 0 Å². The predicted octanol–water partition coefficient (Wildman–Crippen LogP) is 12.0. The van der Waals surface area contributed by atoms with Crippen molar-refractivity contribution in [1.29, 1.82) is 0 Å². The first-order chi connectivity index (χ1) is 17.6. The molecule has 0 aliphatic rings. The van der Waals surface area contributed by atoms with E-state index in [9.17, 15) is 4.79 Å². The first kappa shape index (κ1) is 35.5. The van der Waals surface area contributed by atoms with E-state index in [4.69, 9.17) is 4.74 Å². The highest BCUT2D eigenvalue weighted by Gasteiger charge is 2.19. The van der Waals surface area contributed by atoms with E-state index in [1.807, 2.05) is 0 Å². The van der Waals surface area contributed by atoms with E-state index in [0.29, 0.717) is 6.61 Å². The van der Waals surface area contributed by atoms with Gasteiger partial charge in [-0.1, -0.05) is 175 Å². The van der Waals surface area contributed by atoms with E-state index in [2.05, 4.69) is 27.7 Å². The Balaban J connectivity index is 3.83. The fourth-order valence-corrected chi connectivity index (χ4v) is 5.26. The van der Waals surface area contributed by atoms with E-state index in [1.165, 1.54) is 148 Å². The Bertz CT molecular complexity index is 431. The molecule has 36 heavy (non-hydrogen) atoms. The smallest absolute Gasteiger partial charge is 0.308 e. The normalized spacial score (nSPS) is 12.4. The standard InChI is InChI=1S/C34H68O2/c1-5-7-9-11-12-20-23-27-31-36-34(35)33(29-25-10-8-6-2)30-26-22-19-17-15-13-14-16-18-21-24-28-32(3)4/h32-33H,5-31H2,1-4H3. The Morgan fingerprint density at radius 3 is 1.22 bits per heavy atom. The van der Waals surface area contributed by atoms with Gasteiger partial charge in [0, 0.05) is 0 Å². The van der Waals surface area contributed by atoms with Crippen LogP contribution in [0.1, 0.15) is 195 Å². The molecule has 0 bridgehead atoms. The Hall–Kier alpha value is -0.530. The van der Waals surface area contributed by atoms with Crippen molar-refractivity contribution in [2.45, 2.75) is 195 Å².